The normalized spacial score (nSPS) is 12.2. The Morgan fingerprint density at radius 2 is 1.95 bits per heavy atom. The minimum Gasteiger partial charge on any atom is -0.496 e. The molecule has 1 heterocycles. The second kappa shape index (κ2) is 6.91. The molecule has 6 heteroatoms. The van der Waals surface area contributed by atoms with Crippen LogP contribution in [0.2, 0.25) is 0 Å². The van der Waals surface area contributed by atoms with E-state index < -0.39 is 0 Å². The molecule has 0 saturated carbocycles. The maximum absolute atomic E-state index is 5.46. The molecule has 0 aliphatic carbocycles. The molecule has 1 unspecified atom stereocenters. The maximum atomic E-state index is 5.46. The van der Waals surface area contributed by atoms with Crippen LogP contribution in [0, 0.1) is 0 Å². The van der Waals surface area contributed by atoms with Crippen LogP contribution in [0.1, 0.15) is 30.8 Å². The topological polar surface area (TPSA) is 72.1 Å². The Hall–Kier alpha value is -2.08. The first kappa shape index (κ1) is 14.3. The summed E-state index contributed by atoms with van der Waals surface area (Å²) in [6.45, 7) is 2.97. The predicted molar refractivity (Wildman–Crippen MR) is 76.1 cm³/mol. The van der Waals surface area contributed by atoms with Crippen LogP contribution < -0.4 is 14.8 Å². The Morgan fingerprint density at radius 3 is 2.45 bits per heavy atom. The highest BCUT2D eigenvalue weighted by atomic mass is 16.5. The van der Waals surface area contributed by atoms with Crippen molar-refractivity contribution in [3.05, 3.63) is 35.9 Å². The summed E-state index contributed by atoms with van der Waals surface area (Å²) in [5, 5.41) is 10.3. The molecule has 1 aromatic carbocycles. The number of rotatable bonds is 7. The van der Waals surface area contributed by atoms with Gasteiger partial charge in [-0.1, -0.05) is 13.0 Å². The summed E-state index contributed by atoms with van der Waals surface area (Å²) >= 11 is 0. The van der Waals surface area contributed by atoms with Crippen molar-refractivity contribution in [3.63, 3.8) is 0 Å². The van der Waals surface area contributed by atoms with E-state index in [-0.39, 0.29) is 6.04 Å². The first-order valence-electron chi connectivity index (χ1n) is 6.61. The van der Waals surface area contributed by atoms with Crippen molar-refractivity contribution >= 4 is 0 Å². The lowest BCUT2D eigenvalue weighted by Gasteiger charge is -2.21. The number of nitrogens with one attached hydrogen (secondary N) is 2. The monoisotopic (exact) mass is 276 g/mol. The number of hydrogen-bond donors (Lipinski definition) is 2. The molecular formula is C14H20N4O2. The van der Waals surface area contributed by atoms with Gasteiger partial charge < -0.3 is 14.8 Å². The van der Waals surface area contributed by atoms with E-state index in [1.165, 1.54) is 6.33 Å². The van der Waals surface area contributed by atoms with Gasteiger partial charge in [-0.25, -0.2) is 4.98 Å². The lowest BCUT2D eigenvalue weighted by molar-refractivity contribution is 0.375. The zero-order valence-corrected chi connectivity index (χ0v) is 12.0. The van der Waals surface area contributed by atoms with Crippen LogP contribution in [-0.4, -0.2) is 35.9 Å². The number of methoxy groups -OCH3 is 2. The second-order valence-corrected chi connectivity index (χ2v) is 4.33. The number of aromatic amines is 1. The smallest absolute Gasteiger partial charge is 0.146 e. The summed E-state index contributed by atoms with van der Waals surface area (Å²) < 4.78 is 10.9. The van der Waals surface area contributed by atoms with Crippen molar-refractivity contribution in [1.29, 1.82) is 0 Å². The van der Waals surface area contributed by atoms with E-state index in [9.17, 15) is 0 Å². The van der Waals surface area contributed by atoms with E-state index in [1.807, 2.05) is 18.2 Å². The van der Waals surface area contributed by atoms with Crippen molar-refractivity contribution in [2.24, 2.45) is 0 Å². The van der Waals surface area contributed by atoms with Gasteiger partial charge in [0.25, 0.3) is 0 Å². The lowest BCUT2D eigenvalue weighted by Crippen LogP contribution is -2.25. The largest absolute Gasteiger partial charge is 0.496 e. The van der Waals surface area contributed by atoms with Gasteiger partial charge in [0.15, 0.2) is 0 Å². The molecule has 2 N–H and O–H groups in total. The second-order valence-electron chi connectivity index (χ2n) is 4.33. The highest BCUT2D eigenvalue weighted by Gasteiger charge is 2.24. The molecular weight excluding hydrogens is 256 g/mol. The summed E-state index contributed by atoms with van der Waals surface area (Å²) in [4.78, 5) is 4.26. The fourth-order valence-corrected chi connectivity index (χ4v) is 2.14. The number of nitrogens with zero attached hydrogens (tertiary/aromatic N) is 2. The quantitative estimate of drug-likeness (QED) is 0.808. The van der Waals surface area contributed by atoms with Crippen LogP contribution in [0.5, 0.6) is 11.5 Å². The van der Waals surface area contributed by atoms with Crippen LogP contribution >= 0.6 is 0 Å². The first-order chi connectivity index (χ1) is 9.81. The number of hydrogen-bond acceptors (Lipinski definition) is 5. The van der Waals surface area contributed by atoms with Crippen molar-refractivity contribution in [2.75, 3.05) is 20.8 Å². The van der Waals surface area contributed by atoms with Gasteiger partial charge in [-0.2, -0.15) is 5.10 Å². The third kappa shape index (κ3) is 2.91. The van der Waals surface area contributed by atoms with Crippen LogP contribution in [0.3, 0.4) is 0 Å². The summed E-state index contributed by atoms with van der Waals surface area (Å²) in [5.41, 5.74) is 0.919. The first-order valence-corrected chi connectivity index (χ1v) is 6.61. The van der Waals surface area contributed by atoms with Crippen LogP contribution in [0.15, 0.2) is 24.5 Å². The fraction of sp³-hybridized carbons (Fsp3) is 0.429. The summed E-state index contributed by atoms with van der Waals surface area (Å²) in [6, 6.07) is 5.57. The number of benzene rings is 1. The Bertz CT molecular complexity index is 506. The molecule has 0 aliphatic heterocycles. The molecule has 0 amide bonds. The minimum absolute atomic E-state index is 0.149. The average Bonchev–Trinajstić information content (AvgIpc) is 3.01. The highest BCUT2D eigenvalue weighted by Crippen LogP contribution is 2.36. The van der Waals surface area contributed by atoms with E-state index in [1.54, 1.807) is 14.2 Å². The van der Waals surface area contributed by atoms with Gasteiger partial charge in [0, 0.05) is 0 Å². The Labute approximate surface area is 118 Å². The Balaban J connectivity index is 2.47. The van der Waals surface area contributed by atoms with Gasteiger partial charge in [-0.3, -0.25) is 5.10 Å². The average molecular weight is 276 g/mol. The molecule has 0 spiro atoms. The summed E-state index contributed by atoms with van der Waals surface area (Å²) in [7, 11) is 3.30. The van der Waals surface area contributed by atoms with Gasteiger partial charge in [0.1, 0.15) is 23.7 Å². The standard InChI is InChI=1S/C14H20N4O2/c1-4-8-15-13(14-16-9-17-18-14)12-10(19-2)6-5-7-11(12)20-3/h5-7,9,13,15H,4,8H2,1-3H3,(H,16,17,18). The number of H-pyrrole nitrogens is 1. The van der Waals surface area contributed by atoms with Gasteiger partial charge in [0.2, 0.25) is 0 Å². The summed E-state index contributed by atoms with van der Waals surface area (Å²) in [6.07, 6.45) is 2.51. The third-order valence-electron chi connectivity index (χ3n) is 3.06. The Morgan fingerprint density at radius 1 is 1.25 bits per heavy atom. The van der Waals surface area contributed by atoms with Gasteiger partial charge in [0.05, 0.1) is 25.8 Å². The molecule has 0 fully saturated rings. The van der Waals surface area contributed by atoms with E-state index in [0.717, 1.165) is 35.9 Å². The molecule has 108 valence electrons. The van der Waals surface area contributed by atoms with Crippen LogP contribution in [0.4, 0.5) is 0 Å². The molecule has 2 aromatic rings. The van der Waals surface area contributed by atoms with Gasteiger partial charge in [-0.15, -0.1) is 0 Å². The molecule has 1 atom stereocenters. The summed E-state index contributed by atoms with van der Waals surface area (Å²) in [5.74, 6) is 2.25. The van der Waals surface area contributed by atoms with Crippen molar-refractivity contribution in [2.45, 2.75) is 19.4 Å². The fourth-order valence-electron chi connectivity index (χ4n) is 2.14. The van der Waals surface area contributed by atoms with Gasteiger partial charge in [-0.05, 0) is 25.1 Å². The van der Waals surface area contributed by atoms with Crippen molar-refractivity contribution in [3.8, 4) is 11.5 Å². The minimum atomic E-state index is -0.149. The van der Waals surface area contributed by atoms with E-state index in [4.69, 9.17) is 9.47 Å². The number of aromatic nitrogens is 3. The predicted octanol–water partition coefficient (Wildman–Crippen LogP) is 1.91. The lowest BCUT2D eigenvalue weighted by atomic mass is 10.0. The van der Waals surface area contributed by atoms with Gasteiger partial charge >= 0.3 is 0 Å². The molecule has 0 aliphatic rings. The van der Waals surface area contributed by atoms with E-state index in [0.29, 0.717) is 0 Å². The zero-order chi connectivity index (χ0) is 14.4. The highest BCUT2D eigenvalue weighted by molar-refractivity contribution is 5.49. The molecule has 2 rings (SSSR count). The molecule has 0 bridgehead atoms. The van der Waals surface area contributed by atoms with Crippen LogP contribution in [0.25, 0.3) is 0 Å². The number of ether oxygens (including phenoxy) is 2. The zero-order valence-electron chi connectivity index (χ0n) is 12.0. The SMILES string of the molecule is CCCNC(c1ncn[nH]1)c1c(OC)cccc1OC. The molecule has 0 saturated heterocycles. The van der Waals surface area contributed by atoms with Crippen molar-refractivity contribution in [1.82, 2.24) is 20.5 Å². The maximum Gasteiger partial charge on any atom is 0.146 e. The third-order valence-corrected chi connectivity index (χ3v) is 3.06. The van der Waals surface area contributed by atoms with E-state index in [2.05, 4.69) is 27.4 Å². The molecule has 0 radical (unpaired) electrons. The Kier molecular flexibility index (Phi) is 4.95. The van der Waals surface area contributed by atoms with Crippen molar-refractivity contribution < 1.29 is 9.47 Å². The van der Waals surface area contributed by atoms with Crippen LogP contribution in [-0.2, 0) is 0 Å². The molecule has 6 nitrogen and oxygen atoms in total. The van der Waals surface area contributed by atoms with E-state index >= 15 is 0 Å². The molecule has 1 aromatic heterocycles. The molecule has 20 heavy (non-hydrogen) atoms.